The fourth-order valence-electron chi connectivity index (χ4n) is 2.38. The summed E-state index contributed by atoms with van der Waals surface area (Å²) in [6.45, 7) is 2.13. The van der Waals surface area contributed by atoms with Crippen LogP contribution in [0.4, 0.5) is 0 Å². The zero-order chi connectivity index (χ0) is 14.3. The van der Waals surface area contributed by atoms with Gasteiger partial charge >= 0.3 is 0 Å². The normalized spacial score (nSPS) is 20.6. The summed E-state index contributed by atoms with van der Waals surface area (Å²) in [7, 11) is -1.89. The van der Waals surface area contributed by atoms with Gasteiger partial charge in [0, 0.05) is 26.7 Å². The Hall–Kier alpha value is -1.74. The van der Waals surface area contributed by atoms with E-state index in [0.29, 0.717) is 24.7 Å². The summed E-state index contributed by atoms with van der Waals surface area (Å²) in [6, 6.07) is -0.376. The number of rotatable bonds is 3. The number of hydrogen-bond acceptors (Lipinski definition) is 6. The van der Waals surface area contributed by atoms with Gasteiger partial charge in [-0.1, -0.05) is 5.16 Å². The number of imidazole rings is 1. The molecule has 0 bridgehead atoms. The van der Waals surface area contributed by atoms with Crippen molar-refractivity contribution in [3.05, 3.63) is 24.2 Å². The maximum absolute atomic E-state index is 12.6. The number of nitrogens with zero attached hydrogens (tertiary/aromatic N) is 5. The Bertz CT molecular complexity index is 720. The molecule has 0 saturated carbocycles. The molecular formula is C11H15N5O3S. The van der Waals surface area contributed by atoms with Gasteiger partial charge in [0.25, 0.3) is 10.0 Å². The fraction of sp³-hybridized carbons (Fsp3) is 0.545. The van der Waals surface area contributed by atoms with Crippen LogP contribution < -0.4 is 0 Å². The minimum atomic E-state index is -3.63. The third-order valence-corrected chi connectivity index (χ3v) is 5.09. The van der Waals surface area contributed by atoms with E-state index >= 15 is 0 Å². The van der Waals surface area contributed by atoms with Crippen LogP contribution in [0.5, 0.6) is 0 Å². The van der Waals surface area contributed by atoms with Crippen LogP contribution in [0.2, 0.25) is 0 Å². The van der Waals surface area contributed by atoms with E-state index in [9.17, 15) is 8.42 Å². The van der Waals surface area contributed by atoms with Crippen molar-refractivity contribution in [1.82, 2.24) is 24.0 Å². The summed E-state index contributed by atoms with van der Waals surface area (Å²) in [5, 5.41) is 3.89. The monoisotopic (exact) mass is 297 g/mol. The third-order valence-electron chi connectivity index (χ3n) is 3.30. The fourth-order valence-corrected chi connectivity index (χ4v) is 4.00. The van der Waals surface area contributed by atoms with Crippen molar-refractivity contribution in [2.75, 3.05) is 6.54 Å². The molecule has 0 amide bonds. The summed E-state index contributed by atoms with van der Waals surface area (Å²) in [6.07, 6.45) is 4.41. The van der Waals surface area contributed by atoms with Crippen LogP contribution in [0.25, 0.3) is 0 Å². The molecule has 1 saturated heterocycles. The lowest BCUT2D eigenvalue weighted by molar-refractivity contribution is 0.348. The highest BCUT2D eigenvalue weighted by molar-refractivity contribution is 7.89. The minimum Gasteiger partial charge on any atom is -0.340 e. The first kappa shape index (κ1) is 13.3. The predicted octanol–water partition coefficient (Wildman–Crippen LogP) is 0.637. The molecular weight excluding hydrogens is 282 g/mol. The molecule has 3 heterocycles. The van der Waals surface area contributed by atoms with Gasteiger partial charge in [-0.15, -0.1) is 0 Å². The number of aryl methyl sites for hydroxylation is 2. The molecule has 20 heavy (non-hydrogen) atoms. The molecule has 1 atom stereocenters. The van der Waals surface area contributed by atoms with Crippen molar-refractivity contribution in [3.63, 3.8) is 0 Å². The SMILES string of the molecule is Cc1nc([C@H]2CCCN2S(=O)(=O)c2cn(C)cn2)no1. The number of sulfonamides is 1. The standard InChI is InChI=1S/C11H15N5O3S/c1-8-13-11(14-19-8)9-4-3-5-16(9)20(17,18)10-6-15(2)7-12-10/h6-7,9H,3-5H2,1-2H3/t9-/m1/s1. The minimum absolute atomic E-state index is 0.0483. The Balaban J connectivity index is 1.96. The molecule has 9 heteroatoms. The second kappa shape index (κ2) is 4.67. The summed E-state index contributed by atoms with van der Waals surface area (Å²) in [5.74, 6) is 0.849. The van der Waals surface area contributed by atoms with Gasteiger partial charge in [-0.05, 0) is 12.8 Å². The van der Waals surface area contributed by atoms with E-state index in [-0.39, 0.29) is 11.1 Å². The topological polar surface area (TPSA) is 94.1 Å². The summed E-state index contributed by atoms with van der Waals surface area (Å²) in [4.78, 5) is 8.08. The Morgan fingerprint density at radius 3 is 2.85 bits per heavy atom. The van der Waals surface area contributed by atoms with E-state index in [4.69, 9.17) is 4.52 Å². The van der Waals surface area contributed by atoms with E-state index in [1.54, 1.807) is 18.5 Å². The van der Waals surface area contributed by atoms with E-state index in [2.05, 4.69) is 15.1 Å². The van der Waals surface area contributed by atoms with Crippen molar-refractivity contribution in [3.8, 4) is 0 Å². The number of hydrogen-bond donors (Lipinski definition) is 0. The van der Waals surface area contributed by atoms with Crippen LogP contribution in [0.3, 0.4) is 0 Å². The maximum atomic E-state index is 12.6. The van der Waals surface area contributed by atoms with E-state index < -0.39 is 10.0 Å². The summed E-state index contributed by atoms with van der Waals surface area (Å²) in [5.41, 5.74) is 0. The predicted molar refractivity (Wildman–Crippen MR) is 68.1 cm³/mol. The zero-order valence-electron chi connectivity index (χ0n) is 11.2. The first-order chi connectivity index (χ1) is 9.48. The molecule has 2 aromatic heterocycles. The van der Waals surface area contributed by atoms with Crippen molar-refractivity contribution in [1.29, 1.82) is 0 Å². The summed E-state index contributed by atoms with van der Waals surface area (Å²) < 4.78 is 33.2. The molecule has 0 radical (unpaired) electrons. The highest BCUT2D eigenvalue weighted by atomic mass is 32.2. The molecule has 108 valence electrons. The van der Waals surface area contributed by atoms with Gasteiger partial charge in [-0.25, -0.2) is 13.4 Å². The molecule has 8 nitrogen and oxygen atoms in total. The van der Waals surface area contributed by atoms with Crippen molar-refractivity contribution < 1.29 is 12.9 Å². The van der Waals surface area contributed by atoms with Gasteiger partial charge in [0.15, 0.2) is 10.9 Å². The lowest BCUT2D eigenvalue weighted by Gasteiger charge is -2.20. The van der Waals surface area contributed by atoms with Gasteiger partial charge in [-0.3, -0.25) is 0 Å². The highest BCUT2D eigenvalue weighted by Crippen LogP contribution is 2.34. The van der Waals surface area contributed by atoms with Crippen LogP contribution in [0.1, 0.15) is 30.6 Å². The molecule has 0 aliphatic carbocycles. The van der Waals surface area contributed by atoms with Crippen LogP contribution in [-0.4, -0.2) is 39.0 Å². The van der Waals surface area contributed by atoms with E-state index in [1.165, 1.54) is 16.8 Å². The maximum Gasteiger partial charge on any atom is 0.262 e. The van der Waals surface area contributed by atoms with Gasteiger partial charge in [-0.2, -0.15) is 9.29 Å². The van der Waals surface area contributed by atoms with E-state index in [1.807, 2.05) is 0 Å². The molecule has 0 N–H and O–H groups in total. The number of aromatic nitrogens is 4. The van der Waals surface area contributed by atoms with Crippen LogP contribution in [0, 0.1) is 6.92 Å². The van der Waals surface area contributed by atoms with Crippen molar-refractivity contribution in [2.24, 2.45) is 7.05 Å². The van der Waals surface area contributed by atoms with Gasteiger partial charge < -0.3 is 9.09 Å². The second-order valence-corrected chi connectivity index (χ2v) is 6.66. The average Bonchev–Trinajstić information content (AvgIpc) is 3.07. The second-order valence-electron chi connectivity index (χ2n) is 4.82. The quantitative estimate of drug-likeness (QED) is 0.825. The van der Waals surface area contributed by atoms with Crippen LogP contribution in [-0.2, 0) is 17.1 Å². The van der Waals surface area contributed by atoms with Crippen LogP contribution in [0.15, 0.2) is 22.1 Å². The third kappa shape index (κ3) is 2.12. The lowest BCUT2D eigenvalue weighted by atomic mass is 10.2. The van der Waals surface area contributed by atoms with Gasteiger partial charge in [0.1, 0.15) is 0 Å². The molecule has 3 rings (SSSR count). The molecule has 2 aromatic rings. The van der Waals surface area contributed by atoms with Gasteiger partial charge in [0.05, 0.1) is 12.4 Å². The highest BCUT2D eigenvalue weighted by Gasteiger charge is 2.39. The first-order valence-electron chi connectivity index (χ1n) is 6.28. The molecule has 1 fully saturated rings. The van der Waals surface area contributed by atoms with Crippen molar-refractivity contribution >= 4 is 10.0 Å². The Labute approximate surface area is 116 Å². The van der Waals surface area contributed by atoms with Crippen LogP contribution >= 0.6 is 0 Å². The Morgan fingerprint density at radius 1 is 1.45 bits per heavy atom. The molecule has 0 spiro atoms. The molecule has 1 aliphatic heterocycles. The average molecular weight is 297 g/mol. The van der Waals surface area contributed by atoms with Gasteiger partial charge in [0.2, 0.25) is 5.89 Å². The summed E-state index contributed by atoms with van der Waals surface area (Å²) >= 11 is 0. The van der Waals surface area contributed by atoms with Crippen molar-refractivity contribution in [2.45, 2.75) is 30.8 Å². The molecule has 0 aromatic carbocycles. The first-order valence-corrected chi connectivity index (χ1v) is 7.72. The molecule has 1 aliphatic rings. The lowest BCUT2D eigenvalue weighted by Crippen LogP contribution is -2.31. The molecule has 0 unspecified atom stereocenters. The largest absolute Gasteiger partial charge is 0.340 e. The smallest absolute Gasteiger partial charge is 0.262 e. The zero-order valence-corrected chi connectivity index (χ0v) is 12.0. The Kier molecular flexibility index (Phi) is 3.09. The Morgan fingerprint density at radius 2 is 2.25 bits per heavy atom. The van der Waals surface area contributed by atoms with E-state index in [0.717, 1.165) is 6.42 Å².